The summed E-state index contributed by atoms with van der Waals surface area (Å²) in [5, 5.41) is 0. The number of carbonyl (C=O) groups is 1. The molecule has 0 aromatic heterocycles. The fraction of sp³-hybridized carbons (Fsp3) is 0.500. The van der Waals surface area contributed by atoms with Crippen LogP contribution in [0, 0.1) is 0 Å². The van der Waals surface area contributed by atoms with E-state index in [9.17, 15) is 4.79 Å². The predicted octanol–water partition coefficient (Wildman–Crippen LogP) is 1.97. The molecule has 0 bridgehead atoms. The van der Waals surface area contributed by atoms with Crippen molar-refractivity contribution in [3.8, 4) is 0 Å². The van der Waals surface area contributed by atoms with E-state index in [-0.39, 0.29) is 18.0 Å². The zero-order valence-electron chi connectivity index (χ0n) is 13.6. The molecule has 1 heterocycles. The van der Waals surface area contributed by atoms with Crippen molar-refractivity contribution in [3.05, 3.63) is 42.0 Å². The molecule has 1 aliphatic heterocycles. The van der Waals surface area contributed by atoms with Gasteiger partial charge in [0.2, 0.25) is 5.91 Å². The Kier molecular flexibility index (Phi) is 6.16. The summed E-state index contributed by atoms with van der Waals surface area (Å²) in [4.78, 5) is 16.7. The lowest BCUT2D eigenvalue weighted by Gasteiger charge is -2.28. The molecule has 22 heavy (non-hydrogen) atoms. The molecule has 2 rings (SSSR count). The van der Waals surface area contributed by atoms with E-state index in [0.29, 0.717) is 0 Å². The highest BCUT2D eigenvalue weighted by atomic mass is 16.2. The highest BCUT2D eigenvalue weighted by molar-refractivity contribution is 5.82. The van der Waals surface area contributed by atoms with Gasteiger partial charge in [-0.1, -0.05) is 42.5 Å². The van der Waals surface area contributed by atoms with Crippen molar-refractivity contribution in [1.29, 1.82) is 0 Å². The molecule has 0 unspecified atom stereocenters. The molecule has 0 saturated carbocycles. The van der Waals surface area contributed by atoms with Crippen molar-refractivity contribution in [2.45, 2.75) is 32.4 Å². The van der Waals surface area contributed by atoms with Crippen molar-refractivity contribution in [3.63, 3.8) is 0 Å². The van der Waals surface area contributed by atoms with Gasteiger partial charge in [-0.05, 0) is 25.8 Å². The van der Waals surface area contributed by atoms with Crippen molar-refractivity contribution >= 4 is 12.0 Å². The van der Waals surface area contributed by atoms with Gasteiger partial charge in [-0.25, -0.2) is 0 Å². The SMILES string of the molecule is CCN(CC)C(=O)[C@@H]1C[C@H](N)CN1C/C=C/c1ccccc1. The molecule has 120 valence electrons. The molecule has 1 fully saturated rings. The average molecular weight is 301 g/mol. The number of hydrogen-bond acceptors (Lipinski definition) is 3. The van der Waals surface area contributed by atoms with E-state index in [2.05, 4.69) is 29.2 Å². The van der Waals surface area contributed by atoms with E-state index in [4.69, 9.17) is 5.73 Å². The number of rotatable bonds is 6. The molecule has 4 nitrogen and oxygen atoms in total. The quantitative estimate of drug-likeness (QED) is 0.874. The second-order valence-corrected chi connectivity index (χ2v) is 5.79. The smallest absolute Gasteiger partial charge is 0.239 e. The molecule has 4 heteroatoms. The third kappa shape index (κ3) is 4.18. The van der Waals surface area contributed by atoms with Gasteiger partial charge in [0.05, 0.1) is 6.04 Å². The molecule has 1 aromatic rings. The van der Waals surface area contributed by atoms with Crippen LogP contribution >= 0.6 is 0 Å². The maximum Gasteiger partial charge on any atom is 0.239 e. The Bertz CT molecular complexity index is 496. The van der Waals surface area contributed by atoms with E-state index in [0.717, 1.165) is 32.6 Å². The molecular formula is C18H27N3O. The minimum Gasteiger partial charge on any atom is -0.342 e. The maximum absolute atomic E-state index is 12.6. The van der Waals surface area contributed by atoms with Gasteiger partial charge in [-0.2, -0.15) is 0 Å². The Morgan fingerprint density at radius 3 is 2.64 bits per heavy atom. The van der Waals surface area contributed by atoms with Crippen LogP contribution in [0.5, 0.6) is 0 Å². The average Bonchev–Trinajstić information content (AvgIpc) is 2.90. The lowest BCUT2D eigenvalue weighted by molar-refractivity contribution is -0.135. The number of likely N-dealkylation sites (N-methyl/N-ethyl adjacent to an activating group) is 1. The van der Waals surface area contributed by atoms with Gasteiger partial charge in [-0.3, -0.25) is 9.69 Å². The van der Waals surface area contributed by atoms with E-state index >= 15 is 0 Å². The third-order valence-corrected chi connectivity index (χ3v) is 4.25. The molecule has 0 radical (unpaired) electrons. The van der Waals surface area contributed by atoms with E-state index in [1.807, 2.05) is 36.9 Å². The number of amides is 1. The van der Waals surface area contributed by atoms with Crippen molar-refractivity contribution in [2.24, 2.45) is 5.73 Å². The van der Waals surface area contributed by atoms with Gasteiger partial charge in [0.25, 0.3) is 0 Å². The monoisotopic (exact) mass is 301 g/mol. The van der Waals surface area contributed by atoms with E-state index < -0.39 is 0 Å². The minimum atomic E-state index is -0.0738. The Morgan fingerprint density at radius 2 is 2.00 bits per heavy atom. The largest absolute Gasteiger partial charge is 0.342 e. The second kappa shape index (κ2) is 8.11. The zero-order valence-corrected chi connectivity index (χ0v) is 13.6. The Labute approximate surface area is 133 Å². The van der Waals surface area contributed by atoms with Crippen LogP contribution in [0.4, 0.5) is 0 Å². The van der Waals surface area contributed by atoms with Crippen LogP contribution in [0.2, 0.25) is 0 Å². The van der Waals surface area contributed by atoms with Crippen molar-refractivity contribution in [1.82, 2.24) is 9.80 Å². The molecule has 1 amide bonds. The first-order chi connectivity index (χ1) is 10.7. The summed E-state index contributed by atoms with van der Waals surface area (Å²) in [6.07, 6.45) is 4.98. The Morgan fingerprint density at radius 1 is 1.32 bits per heavy atom. The van der Waals surface area contributed by atoms with E-state index in [1.54, 1.807) is 0 Å². The summed E-state index contributed by atoms with van der Waals surface area (Å²) in [6.45, 7) is 7.12. The molecule has 1 saturated heterocycles. The van der Waals surface area contributed by atoms with Crippen molar-refractivity contribution in [2.75, 3.05) is 26.2 Å². The normalized spacial score (nSPS) is 22.3. The first kappa shape index (κ1) is 16.7. The van der Waals surface area contributed by atoms with Gasteiger partial charge in [-0.15, -0.1) is 0 Å². The Hall–Kier alpha value is -1.65. The fourth-order valence-electron chi connectivity index (χ4n) is 3.03. The molecule has 0 spiro atoms. The molecule has 1 aliphatic rings. The summed E-state index contributed by atoms with van der Waals surface area (Å²) in [7, 11) is 0. The lowest BCUT2D eigenvalue weighted by atomic mass is 10.1. The van der Waals surface area contributed by atoms with Crippen LogP contribution < -0.4 is 5.73 Å². The summed E-state index contributed by atoms with van der Waals surface area (Å²) < 4.78 is 0. The predicted molar refractivity (Wildman–Crippen MR) is 91.4 cm³/mol. The topological polar surface area (TPSA) is 49.6 Å². The maximum atomic E-state index is 12.6. The van der Waals surface area contributed by atoms with Crippen LogP contribution in [0.1, 0.15) is 25.8 Å². The van der Waals surface area contributed by atoms with Gasteiger partial charge < -0.3 is 10.6 Å². The number of nitrogens with two attached hydrogens (primary N) is 1. The second-order valence-electron chi connectivity index (χ2n) is 5.79. The molecule has 1 aromatic carbocycles. The first-order valence-corrected chi connectivity index (χ1v) is 8.15. The van der Waals surface area contributed by atoms with Crippen LogP contribution in [-0.2, 0) is 4.79 Å². The van der Waals surface area contributed by atoms with E-state index in [1.165, 1.54) is 5.56 Å². The third-order valence-electron chi connectivity index (χ3n) is 4.25. The first-order valence-electron chi connectivity index (χ1n) is 8.15. The highest BCUT2D eigenvalue weighted by Crippen LogP contribution is 2.19. The summed E-state index contributed by atoms with van der Waals surface area (Å²) in [6, 6.07) is 10.2. The van der Waals surface area contributed by atoms with Gasteiger partial charge in [0.1, 0.15) is 0 Å². The van der Waals surface area contributed by atoms with Crippen LogP contribution in [-0.4, -0.2) is 54.0 Å². The number of likely N-dealkylation sites (tertiary alicyclic amines) is 1. The number of nitrogens with zero attached hydrogens (tertiary/aromatic N) is 2. The zero-order chi connectivity index (χ0) is 15.9. The Balaban J connectivity index is 1.99. The minimum absolute atomic E-state index is 0.0738. The van der Waals surface area contributed by atoms with Gasteiger partial charge in [0, 0.05) is 32.2 Å². The summed E-state index contributed by atoms with van der Waals surface area (Å²) >= 11 is 0. The van der Waals surface area contributed by atoms with Gasteiger partial charge in [0.15, 0.2) is 0 Å². The van der Waals surface area contributed by atoms with Crippen LogP contribution in [0.15, 0.2) is 36.4 Å². The van der Waals surface area contributed by atoms with Crippen molar-refractivity contribution < 1.29 is 4.79 Å². The van der Waals surface area contributed by atoms with Crippen LogP contribution in [0.3, 0.4) is 0 Å². The van der Waals surface area contributed by atoms with Gasteiger partial charge >= 0.3 is 0 Å². The highest BCUT2D eigenvalue weighted by Gasteiger charge is 2.36. The number of carbonyl (C=O) groups excluding carboxylic acids is 1. The molecule has 0 aliphatic carbocycles. The number of benzene rings is 1. The fourth-order valence-corrected chi connectivity index (χ4v) is 3.03. The van der Waals surface area contributed by atoms with Crippen LogP contribution in [0.25, 0.3) is 6.08 Å². The molecule has 2 N–H and O–H groups in total. The molecule has 2 atom stereocenters. The summed E-state index contributed by atoms with van der Waals surface area (Å²) in [5.74, 6) is 0.214. The lowest BCUT2D eigenvalue weighted by Crippen LogP contribution is -2.45. The standard InChI is InChI=1S/C18H27N3O/c1-3-20(4-2)18(22)17-13-16(19)14-21(17)12-8-11-15-9-6-5-7-10-15/h5-11,16-17H,3-4,12-14,19H2,1-2H3/b11-8+/t16-,17-/m0/s1. The number of hydrogen-bond donors (Lipinski definition) is 1. The molecular weight excluding hydrogens is 274 g/mol. The summed E-state index contributed by atoms with van der Waals surface area (Å²) in [5.41, 5.74) is 7.26.